The van der Waals surface area contributed by atoms with Crippen LogP contribution >= 0.6 is 0 Å². The van der Waals surface area contributed by atoms with E-state index in [4.69, 9.17) is 15.7 Å². The second-order valence-corrected chi connectivity index (χ2v) is 4.19. The summed E-state index contributed by atoms with van der Waals surface area (Å²) < 4.78 is 5.59. The van der Waals surface area contributed by atoms with Crippen LogP contribution in [0.1, 0.15) is 32.6 Å². The predicted molar refractivity (Wildman–Crippen MR) is 63.7 cm³/mol. The van der Waals surface area contributed by atoms with Crippen molar-refractivity contribution in [2.24, 2.45) is 10.9 Å². The number of piperidine rings is 1. The monoisotopic (exact) mass is 229 g/mol. The van der Waals surface area contributed by atoms with Crippen LogP contribution in [0.15, 0.2) is 5.16 Å². The molecule has 1 rings (SSSR count). The molecule has 0 aromatic rings. The van der Waals surface area contributed by atoms with Gasteiger partial charge in [0.05, 0.1) is 6.10 Å². The number of rotatable bonds is 6. The molecule has 94 valence electrons. The predicted octanol–water partition coefficient (Wildman–Crippen LogP) is 1.01. The average Bonchev–Trinajstić information content (AvgIpc) is 2.31. The highest BCUT2D eigenvalue weighted by atomic mass is 16.5. The molecule has 5 heteroatoms. The van der Waals surface area contributed by atoms with E-state index in [1.54, 1.807) is 0 Å². The Morgan fingerprint density at radius 1 is 1.50 bits per heavy atom. The highest BCUT2D eigenvalue weighted by Crippen LogP contribution is 2.13. The van der Waals surface area contributed by atoms with E-state index in [9.17, 15) is 0 Å². The maximum Gasteiger partial charge on any atom is 0.139 e. The van der Waals surface area contributed by atoms with Crippen LogP contribution < -0.4 is 5.73 Å². The van der Waals surface area contributed by atoms with Crippen LogP contribution in [-0.4, -0.2) is 48.3 Å². The number of likely N-dealkylation sites (tertiary alicyclic amines) is 1. The lowest BCUT2D eigenvalue weighted by atomic mass is 10.1. The lowest BCUT2D eigenvalue weighted by molar-refractivity contribution is 0.0142. The molecule has 16 heavy (non-hydrogen) atoms. The van der Waals surface area contributed by atoms with Gasteiger partial charge < -0.3 is 20.6 Å². The van der Waals surface area contributed by atoms with Gasteiger partial charge in [0, 0.05) is 26.1 Å². The number of oxime groups is 1. The smallest absolute Gasteiger partial charge is 0.139 e. The Bertz CT molecular complexity index is 213. The third kappa shape index (κ3) is 4.81. The van der Waals surface area contributed by atoms with Gasteiger partial charge in [0.1, 0.15) is 5.84 Å². The zero-order chi connectivity index (χ0) is 11.8. The Morgan fingerprint density at radius 3 is 2.75 bits per heavy atom. The molecule has 5 nitrogen and oxygen atoms in total. The molecule has 1 heterocycles. The van der Waals surface area contributed by atoms with Crippen molar-refractivity contribution in [1.29, 1.82) is 0 Å². The van der Waals surface area contributed by atoms with Crippen LogP contribution in [0.2, 0.25) is 0 Å². The molecule has 1 fully saturated rings. The first-order chi connectivity index (χ1) is 7.76. The number of amidine groups is 1. The quantitative estimate of drug-likeness (QED) is 0.309. The van der Waals surface area contributed by atoms with Crippen molar-refractivity contribution in [3.05, 3.63) is 0 Å². The number of nitrogens with two attached hydrogens (primary N) is 1. The molecule has 0 amide bonds. The Hall–Kier alpha value is -0.810. The van der Waals surface area contributed by atoms with Gasteiger partial charge in [0.2, 0.25) is 0 Å². The van der Waals surface area contributed by atoms with E-state index in [1.165, 1.54) is 0 Å². The van der Waals surface area contributed by atoms with Gasteiger partial charge in [-0.25, -0.2) is 0 Å². The lowest BCUT2D eigenvalue weighted by Crippen LogP contribution is -2.37. The first kappa shape index (κ1) is 13.3. The normalized spacial score (nSPS) is 20.2. The fourth-order valence-corrected chi connectivity index (χ4v) is 2.07. The van der Waals surface area contributed by atoms with E-state index in [-0.39, 0.29) is 0 Å². The topological polar surface area (TPSA) is 71.1 Å². The van der Waals surface area contributed by atoms with Gasteiger partial charge in [-0.3, -0.25) is 0 Å². The summed E-state index contributed by atoms with van der Waals surface area (Å²) in [5.41, 5.74) is 5.41. The van der Waals surface area contributed by atoms with Gasteiger partial charge >= 0.3 is 0 Å². The fraction of sp³-hybridized carbons (Fsp3) is 0.909. The van der Waals surface area contributed by atoms with Gasteiger partial charge in [-0.2, -0.15) is 0 Å². The van der Waals surface area contributed by atoms with Crippen LogP contribution in [0.4, 0.5) is 0 Å². The second-order valence-electron chi connectivity index (χ2n) is 4.19. The molecule has 0 unspecified atom stereocenters. The average molecular weight is 229 g/mol. The highest BCUT2D eigenvalue weighted by Gasteiger charge is 2.18. The molecule has 1 aliphatic heterocycles. The molecule has 0 aromatic carbocycles. The van der Waals surface area contributed by atoms with E-state index in [2.05, 4.69) is 10.1 Å². The van der Waals surface area contributed by atoms with E-state index < -0.39 is 0 Å². The highest BCUT2D eigenvalue weighted by molar-refractivity contribution is 5.79. The first-order valence-corrected chi connectivity index (χ1v) is 6.06. The van der Waals surface area contributed by atoms with Gasteiger partial charge in [0.15, 0.2) is 0 Å². The molecule has 3 N–H and O–H groups in total. The summed E-state index contributed by atoms with van der Waals surface area (Å²) >= 11 is 0. The second kappa shape index (κ2) is 7.46. The zero-order valence-corrected chi connectivity index (χ0v) is 10.1. The molecular weight excluding hydrogens is 206 g/mol. The van der Waals surface area contributed by atoms with E-state index >= 15 is 0 Å². The summed E-state index contributed by atoms with van der Waals surface area (Å²) in [5, 5.41) is 11.4. The largest absolute Gasteiger partial charge is 0.409 e. The SMILES string of the molecule is CCOC1CCN(CCC/C(N)=N/O)CC1. The van der Waals surface area contributed by atoms with Gasteiger partial charge in [-0.1, -0.05) is 5.16 Å². The molecular formula is C11H23N3O2. The third-order valence-corrected chi connectivity index (χ3v) is 2.97. The van der Waals surface area contributed by atoms with Crippen molar-refractivity contribution >= 4 is 5.84 Å². The number of hydrogen-bond donors (Lipinski definition) is 2. The summed E-state index contributed by atoms with van der Waals surface area (Å²) in [5.74, 6) is 0.323. The van der Waals surface area contributed by atoms with Crippen LogP contribution in [0.25, 0.3) is 0 Å². The van der Waals surface area contributed by atoms with Crippen molar-refractivity contribution < 1.29 is 9.94 Å². The molecule has 0 aliphatic carbocycles. The van der Waals surface area contributed by atoms with Gasteiger partial charge in [0.25, 0.3) is 0 Å². The summed E-state index contributed by atoms with van der Waals surface area (Å²) in [6.07, 6.45) is 4.32. The fourth-order valence-electron chi connectivity index (χ4n) is 2.07. The van der Waals surface area contributed by atoms with Crippen LogP contribution in [0, 0.1) is 0 Å². The maximum absolute atomic E-state index is 8.40. The maximum atomic E-state index is 8.40. The molecule has 0 radical (unpaired) electrons. The molecule has 0 atom stereocenters. The van der Waals surface area contributed by atoms with Gasteiger partial charge in [-0.05, 0) is 32.7 Å². The van der Waals surface area contributed by atoms with Crippen molar-refractivity contribution in [2.75, 3.05) is 26.2 Å². The molecule has 0 spiro atoms. The summed E-state index contributed by atoms with van der Waals surface area (Å²) in [6.45, 7) is 6.08. The number of hydrogen-bond acceptors (Lipinski definition) is 4. The Morgan fingerprint density at radius 2 is 2.19 bits per heavy atom. The minimum Gasteiger partial charge on any atom is -0.409 e. The van der Waals surface area contributed by atoms with Crippen molar-refractivity contribution in [2.45, 2.75) is 38.7 Å². The van der Waals surface area contributed by atoms with E-state index in [0.717, 1.165) is 45.5 Å². The number of nitrogens with zero attached hydrogens (tertiary/aromatic N) is 2. The Balaban J connectivity index is 2.08. The minimum atomic E-state index is 0.323. The van der Waals surface area contributed by atoms with Crippen LogP contribution in [0.3, 0.4) is 0 Å². The molecule has 1 saturated heterocycles. The van der Waals surface area contributed by atoms with E-state index in [0.29, 0.717) is 18.4 Å². The van der Waals surface area contributed by atoms with Crippen LogP contribution in [0.5, 0.6) is 0 Å². The minimum absolute atomic E-state index is 0.323. The summed E-state index contributed by atoms with van der Waals surface area (Å²) in [4.78, 5) is 2.42. The van der Waals surface area contributed by atoms with Crippen molar-refractivity contribution in [1.82, 2.24) is 4.90 Å². The molecule has 0 bridgehead atoms. The number of ether oxygens (including phenoxy) is 1. The van der Waals surface area contributed by atoms with Crippen molar-refractivity contribution in [3.8, 4) is 0 Å². The molecule has 1 aliphatic rings. The van der Waals surface area contributed by atoms with E-state index in [1.807, 2.05) is 6.92 Å². The third-order valence-electron chi connectivity index (χ3n) is 2.97. The molecule has 0 saturated carbocycles. The summed E-state index contributed by atoms with van der Waals surface area (Å²) in [7, 11) is 0. The van der Waals surface area contributed by atoms with Gasteiger partial charge in [-0.15, -0.1) is 0 Å². The van der Waals surface area contributed by atoms with Crippen LogP contribution in [-0.2, 0) is 4.74 Å². The Labute approximate surface area is 97.2 Å². The summed E-state index contributed by atoms with van der Waals surface area (Å²) in [6, 6.07) is 0. The van der Waals surface area contributed by atoms with Crippen molar-refractivity contribution in [3.63, 3.8) is 0 Å². The standard InChI is InChI=1S/C11H23N3O2/c1-2-16-10-5-8-14(9-6-10)7-3-4-11(12)13-15/h10,15H,2-9H2,1H3,(H2,12,13). The zero-order valence-electron chi connectivity index (χ0n) is 10.1. The first-order valence-electron chi connectivity index (χ1n) is 6.06. The molecule has 0 aromatic heterocycles. The Kier molecular flexibility index (Phi) is 6.18. The lowest BCUT2D eigenvalue weighted by Gasteiger charge is -2.31.